The molecule has 1 aromatic heterocycles. The van der Waals surface area contributed by atoms with E-state index in [2.05, 4.69) is 17.2 Å². The molecule has 0 bridgehead atoms. The lowest BCUT2D eigenvalue weighted by Gasteiger charge is -2.08. The van der Waals surface area contributed by atoms with Gasteiger partial charge in [-0.25, -0.2) is 0 Å². The number of aliphatic hydroxyl groups excluding tert-OH is 1. The van der Waals surface area contributed by atoms with E-state index in [4.69, 9.17) is 5.11 Å². The fraction of sp³-hybridized carbons (Fsp3) is 0.615. The van der Waals surface area contributed by atoms with E-state index in [1.54, 1.807) is 0 Å². The Kier molecular flexibility index (Phi) is 6.04. The first-order chi connectivity index (χ1) is 7.72. The second kappa shape index (κ2) is 7.36. The zero-order valence-electron chi connectivity index (χ0n) is 10.2. The minimum absolute atomic E-state index is 0.291. The predicted molar refractivity (Wildman–Crippen MR) is 66.2 cm³/mol. The van der Waals surface area contributed by atoms with Gasteiger partial charge in [-0.15, -0.1) is 0 Å². The van der Waals surface area contributed by atoms with Crippen LogP contribution in [-0.2, 0) is 6.54 Å². The van der Waals surface area contributed by atoms with Crippen molar-refractivity contribution < 1.29 is 5.11 Å². The van der Waals surface area contributed by atoms with E-state index in [-0.39, 0.29) is 0 Å². The van der Waals surface area contributed by atoms with Crippen molar-refractivity contribution >= 4 is 0 Å². The maximum absolute atomic E-state index is 8.87. The molecule has 1 atom stereocenters. The Morgan fingerprint density at radius 1 is 1.44 bits per heavy atom. The van der Waals surface area contributed by atoms with Gasteiger partial charge in [0.2, 0.25) is 0 Å². The molecular formula is C13H22N2O. The molecule has 0 aliphatic heterocycles. The first-order valence-corrected chi connectivity index (χ1v) is 5.96. The molecule has 1 unspecified atom stereocenters. The number of pyridine rings is 1. The summed E-state index contributed by atoms with van der Waals surface area (Å²) in [5.74, 6) is 0.416. The smallest absolute Gasteiger partial charge is 0.0544 e. The van der Waals surface area contributed by atoms with Crippen molar-refractivity contribution in [1.82, 2.24) is 10.3 Å². The summed E-state index contributed by atoms with van der Waals surface area (Å²) >= 11 is 0. The second-order valence-corrected chi connectivity index (χ2v) is 4.38. The van der Waals surface area contributed by atoms with Crippen LogP contribution >= 0.6 is 0 Å². The summed E-state index contributed by atoms with van der Waals surface area (Å²) < 4.78 is 0. The number of nitrogens with one attached hydrogen (secondary N) is 1. The van der Waals surface area contributed by atoms with Crippen molar-refractivity contribution in [2.75, 3.05) is 13.2 Å². The second-order valence-electron chi connectivity index (χ2n) is 4.38. The first kappa shape index (κ1) is 13.1. The number of hydrogen-bond donors (Lipinski definition) is 2. The van der Waals surface area contributed by atoms with Gasteiger partial charge in [0.05, 0.1) is 5.69 Å². The average molecular weight is 222 g/mol. The molecule has 0 fully saturated rings. The standard InChI is InChI=1S/C13H22N2O/c1-11(10-16)5-4-8-14-9-13-7-3-6-12(2)15-13/h3,6-7,11,14,16H,4-5,8-10H2,1-2H3. The molecule has 0 aliphatic carbocycles. The van der Waals surface area contributed by atoms with Gasteiger partial charge in [0.25, 0.3) is 0 Å². The fourth-order valence-corrected chi connectivity index (χ4v) is 1.58. The number of aryl methyl sites for hydroxylation is 1. The topological polar surface area (TPSA) is 45.1 Å². The van der Waals surface area contributed by atoms with Crippen LogP contribution in [0, 0.1) is 12.8 Å². The van der Waals surface area contributed by atoms with Gasteiger partial charge in [-0.3, -0.25) is 4.98 Å². The maximum atomic E-state index is 8.87. The van der Waals surface area contributed by atoms with E-state index < -0.39 is 0 Å². The molecule has 1 heterocycles. The Morgan fingerprint density at radius 3 is 2.94 bits per heavy atom. The summed E-state index contributed by atoms with van der Waals surface area (Å²) in [6.45, 7) is 6.18. The van der Waals surface area contributed by atoms with Crippen molar-refractivity contribution in [3.05, 3.63) is 29.6 Å². The Labute approximate surface area is 97.9 Å². The molecule has 0 aromatic carbocycles. The molecule has 2 N–H and O–H groups in total. The summed E-state index contributed by atoms with van der Waals surface area (Å²) in [6, 6.07) is 6.08. The molecule has 0 amide bonds. The fourth-order valence-electron chi connectivity index (χ4n) is 1.58. The molecular weight excluding hydrogens is 200 g/mol. The first-order valence-electron chi connectivity index (χ1n) is 5.96. The van der Waals surface area contributed by atoms with Crippen LogP contribution < -0.4 is 5.32 Å². The monoisotopic (exact) mass is 222 g/mol. The third kappa shape index (κ3) is 5.24. The Balaban J connectivity index is 2.12. The largest absolute Gasteiger partial charge is 0.396 e. The van der Waals surface area contributed by atoms with Gasteiger partial charge in [-0.1, -0.05) is 13.0 Å². The van der Waals surface area contributed by atoms with Crippen LogP contribution in [0.25, 0.3) is 0 Å². The van der Waals surface area contributed by atoms with Crippen LogP contribution in [-0.4, -0.2) is 23.2 Å². The molecule has 0 aliphatic rings. The van der Waals surface area contributed by atoms with Gasteiger partial charge in [0.1, 0.15) is 0 Å². The molecule has 1 rings (SSSR count). The van der Waals surface area contributed by atoms with E-state index in [0.717, 1.165) is 37.3 Å². The Hall–Kier alpha value is -0.930. The molecule has 0 radical (unpaired) electrons. The van der Waals surface area contributed by atoms with Crippen LogP contribution in [0.3, 0.4) is 0 Å². The predicted octanol–water partition coefficient (Wildman–Crippen LogP) is 1.89. The molecule has 16 heavy (non-hydrogen) atoms. The third-order valence-corrected chi connectivity index (χ3v) is 2.61. The SMILES string of the molecule is Cc1cccc(CNCCCC(C)CO)n1. The van der Waals surface area contributed by atoms with Gasteiger partial charge in [-0.05, 0) is 44.4 Å². The van der Waals surface area contributed by atoms with E-state index >= 15 is 0 Å². The van der Waals surface area contributed by atoms with E-state index in [1.165, 1.54) is 0 Å². The summed E-state index contributed by atoms with van der Waals surface area (Å²) in [7, 11) is 0. The summed E-state index contributed by atoms with van der Waals surface area (Å²) in [5, 5.41) is 12.2. The van der Waals surface area contributed by atoms with Crippen molar-refractivity contribution in [3.8, 4) is 0 Å². The van der Waals surface area contributed by atoms with Crippen LogP contribution in [0.2, 0.25) is 0 Å². The zero-order chi connectivity index (χ0) is 11.8. The molecule has 0 spiro atoms. The van der Waals surface area contributed by atoms with Gasteiger partial charge < -0.3 is 10.4 Å². The summed E-state index contributed by atoms with van der Waals surface area (Å²) in [6.07, 6.45) is 2.18. The number of aliphatic hydroxyl groups is 1. The lowest BCUT2D eigenvalue weighted by Crippen LogP contribution is -2.16. The number of hydrogen-bond acceptors (Lipinski definition) is 3. The highest BCUT2D eigenvalue weighted by Crippen LogP contribution is 2.03. The number of aromatic nitrogens is 1. The highest BCUT2D eigenvalue weighted by molar-refractivity contribution is 5.09. The number of rotatable bonds is 7. The minimum Gasteiger partial charge on any atom is -0.396 e. The van der Waals surface area contributed by atoms with Gasteiger partial charge >= 0.3 is 0 Å². The zero-order valence-corrected chi connectivity index (χ0v) is 10.2. The van der Waals surface area contributed by atoms with Crippen LogP contribution in [0.1, 0.15) is 31.2 Å². The highest BCUT2D eigenvalue weighted by atomic mass is 16.3. The van der Waals surface area contributed by atoms with Gasteiger partial charge in [0, 0.05) is 18.8 Å². The Bertz CT molecular complexity index is 302. The number of nitrogens with zero attached hydrogens (tertiary/aromatic N) is 1. The van der Waals surface area contributed by atoms with E-state index in [9.17, 15) is 0 Å². The van der Waals surface area contributed by atoms with E-state index in [1.807, 2.05) is 25.1 Å². The molecule has 0 saturated carbocycles. The summed E-state index contributed by atoms with van der Waals surface area (Å²) in [5.41, 5.74) is 2.16. The van der Waals surface area contributed by atoms with Crippen molar-refractivity contribution in [3.63, 3.8) is 0 Å². The highest BCUT2D eigenvalue weighted by Gasteiger charge is 1.99. The summed E-state index contributed by atoms with van der Waals surface area (Å²) in [4.78, 5) is 4.42. The quantitative estimate of drug-likeness (QED) is 0.692. The van der Waals surface area contributed by atoms with Crippen molar-refractivity contribution in [2.45, 2.75) is 33.2 Å². The van der Waals surface area contributed by atoms with Crippen LogP contribution in [0.4, 0.5) is 0 Å². The third-order valence-electron chi connectivity index (χ3n) is 2.61. The average Bonchev–Trinajstić information content (AvgIpc) is 2.28. The van der Waals surface area contributed by atoms with Crippen molar-refractivity contribution in [2.24, 2.45) is 5.92 Å². The van der Waals surface area contributed by atoms with E-state index in [0.29, 0.717) is 12.5 Å². The van der Waals surface area contributed by atoms with Crippen molar-refractivity contribution in [1.29, 1.82) is 0 Å². The van der Waals surface area contributed by atoms with Gasteiger partial charge in [-0.2, -0.15) is 0 Å². The Morgan fingerprint density at radius 2 is 2.25 bits per heavy atom. The molecule has 3 heteroatoms. The van der Waals surface area contributed by atoms with Crippen LogP contribution in [0.15, 0.2) is 18.2 Å². The normalized spacial score (nSPS) is 12.7. The van der Waals surface area contributed by atoms with Crippen LogP contribution in [0.5, 0.6) is 0 Å². The molecule has 0 saturated heterocycles. The lowest BCUT2D eigenvalue weighted by atomic mass is 10.1. The maximum Gasteiger partial charge on any atom is 0.0544 e. The minimum atomic E-state index is 0.291. The lowest BCUT2D eigenvalue weighted by molar-refractivity contribution is 0.228. The molecule has 3 nitrogen and oxygen atoms in total. The molecule has 90 valence electrons. The molecule has 1 aromatic rings. The van der Waals surface area contributed by atoms with Gasteiger partial charge in [0.15, 0.2) is 0 Å².